The molecule has 82 valence electrons. The van der Waals surface area contributed by atoms with Gasteiger partial charge in [0, 0.05) is 11.9 Å². The van der Waals surface area contributed by atoms with Crippen molar-refractivity contribution in [3.05, 3.63) is 53.6 Å². The van der Waals surface area contributed by atoms with Gasteiger partial charge in [-0.25, -0.2) is 9.18 Å². The fourth-order valence-electron chi connectivity index (χ4n) is 1.65. The highest BCUT2D eigenvalue weighted by atomic mass is 19.1. The highest BCUT2D eigenvalue weighted by molar-refractivity contribution is 5.86. The summed E-state index contributed by atoms with van der Waals surface area (Å²) >= 11 is 0. The van der Waals surface area contributed by atoms with Crippen LogP contribution in [0.15, 0.2) is 36.5 Å². The van der Waals surface area contributed by atoms with E-state index in [4.69, 9.17) is 5.11 Å². The Morgan fingerprint density at radius 1 is 1.38 bits per heavy atom. The Bertz CT molecular complexity index is 546. The maximum atomic E-state index is 12.9. The van der Waals surface area contributed by atoms with E-state index in [1.165, 1.54) is 22.8 Å². The third kappa shape index (κ3) is 1.69. The Balaban J connectivity index is 2.59. The molecule has 0 unspecified atom stereocenters. The van der Waals surface area contributed by atoms with Crippen molar-refractivity contribution in [3.63, 3.8) is 0 Å². The van der Waals surface area contributed by atoms with Gasteiger partial charge in [0.25, 0.3) is 0 Å². The zero-order valence-corrected chi connectivity index (χ0v) is 8.64. The molecule has 3 nitrogen and oxygen atoms in total. The van der Waals surface area contributed by atoms with Gasteiger partial charge in [0.2, 0.25) is 0 Å². The van der Waals surface area contributed by atoms with E-state index >= 15 is 0 Å². The molecule has 1 aromatic carbocycles. The molecule has 0 radical (unpaired) electrons. The Morgan fingerprint density at radius 2 is 2.12 bits per heavy atom. The van der Waals surface area contributed by atoms with Crippen molar-refractivity contribution in [3.8, 4) is 5.69 Å². The predicted molar refractivity (Wildman–Crippen MR) is 57.4 cm³/mol. The summed E-state index contributed by atoms with van der Waals surface area (Å²) in [6.07, 6.45) is 1.64. The van der Waals surface area contributed by atoms with Gasteiger partial charge in [-0.2, -0.15) is 0 Å². The first-order valence-corrected chi connectivity index (χ1v) is 4.77. The van der Waals surface area contributed by atoms with Crippen LogP contribution in [0.1, 0.15) is 16.1 Å². The van der Waals surface area contributed by atoms with E-state index in [-0.39, 0.29) is 11.5 Å². The van der Waals surface area contributed by atoms with Crippen molar-refractivity contribution in [1.29, 1.82) is 0 Å². The Morgan fingerprint density at radius 3 is 2.75 bits per heavy atom. The Labute approximate surface area is 91.8 Å². The highest BCUT2D eigenvalue weighted by Crippen LogP contribution is 2.18. The van der Waals surface area contributed by atoms with Crippen LogP contribution < -0.4 is 0 Å². The van der Waals surface area contributed by atoms with E-state index in [1.807, 2.05) is 0 Å². The molecular weight excluding hydrogens is 209 g/mol. The minimum absolute atomic E-state index is 0.162. The molecule has 1 aromatic heterocycles. The van der Waals surface area contributed by atoms with Gasteiger partial charge in [0.05, 0.1) is 0 Å². The van der Waals surface area contributed by atoms with E-state index in [0.29, 0.717) is 11.3 Å². The normalized spacial score (nSPS) is 10.4. The number of carbonyl (C=O) groups is 1. The lowest BCUT2D eigenvalue weighted by Gasteiger charge is -2.09. The number of halogens is 1. The second-order valence-corrected chi connectivity index (χ2v) is 3.50. The Kier molecular flexibility index (Phi) is 2.48. The standard InChI is InChI=1S/C12H10FNO2/c1-8-7-9(13)4-5-10(8)14-6-2-3-11(14)12(15)16/h2-7H,1H3,(H,15,16). The number of carboxylic acids is 1. The average molecular weight is 219 g/mol. The molecule has 0 amide bonds. The van der Waals surface area contributed by atoms with E-state index in [2.05, 4.69) is 0 Å². The van der Waals surface area contributed by atoms with E-state index in [9.17, 15) is 9.18 Å². The average Bonchev–Trinajstić information content (AvgIpc) is 2.66. The second kappa shape index (κ2) is 3.81. The number of aromatic carboxylic acids is 1. The summed E-state index contributed by atoms with van der Waals surface area (Å²) in [5.74, 6) is -1.33. The van der Waals surface area contributed by atoms with E-state index in [0.717, 1.165) is 0 Å². The Hall–Kier alpha value is -2.10. The lowest BCUT2D eigenvalue weighted by Crippen LogP contribution is -2.06. The first-order valence-electron chi connectivity index (χ1n) is 4.77. The van der Waals surface area contributed by atoms with Crippen LogP contribution in [0.4, 0.5) is 4.39 Å². The molecule has 0 bridgehead atoms. The van der Waals surface area contributed by atoms with Crippen LogP contribution in [0.2, 0.25) is 0 Å². The van der Waals surface area contributed by atoms with Crippen molar-refractivity contribution >= 4 is 5.97 Å². The van der Waals surface area contributed by atoms with E-state index in [1.54, 1.807) is 25.3 Å². The zero-order chi connectivity index (χ0) is 11.7. The summed E-state index contributed by atoms with van der Waals surface area (Å²) in [5.41, 5.74) is 1.53. The van der Waals surface area contributed by atoms with Gasteiger partial charge in [-0.15, -0.1) is 0 Å². The molecule has 2 rings (SSSR count). The van der Waals surface area contributed by atoms with Gasteiger partial charge in [-0.05, 0) is 42.8 Å². The van der Waals surface area contributed by atoms with Gasteiger partial charge in [-0.3, -0.25) is 0 Å². The molecular formula is C12H10FNO2. The van der Waals surface area contributed by atoms with Crippen molar-refractivity contribution < 1.29 is 14.3 Å². The van der Waals surface area contributed by atoms with Crippen LogP contribution in [0.25, 0.3) is 5.69 Å². The molecule has 0 aliphatic carbocycles. The van der Waals surface area contributed by atoms with Crippen LogP contribution in [0, 0.1) is 12.7 Å². The maximum absolute atomic E-state index is 12.9. The molecule has 1 N–H and O–H groups in total. The summed E-state index contributed by atoms with van der Waals surface area (Å²) in [7, 11) is 0. The van der Waals surface area contributed by atoms with Crippen LogP contribution >= 0.6 is 0 Å². The molecule has 16 heavy (non-hydrogen) atoms. The number of hydrogen-bond acceptors (Lipinski definition) is 1. The van der Waals surface area contributed by atoms with Gasteiger partial charge in [0.15, 0.2) is 0 Å². The molecule has 0 aliphatic rings. The maximum Gasteiger partial charge on any atom is 0.352 e. The topological polar surface area (TPSA) is 42.2 Å². The quantitative estimate of drug-likeness (QED) is 0.843. The minimum Gasteiger partial charge on any atom is -0.477 e. The van der Waals surface area contributed by atoms with E-state index < -0.39 is 5.97 Å². The predicted octanol–water partition coefficient (Wildman–Crippen LogP) is 2.62. The zero-order valence-electron chi connectivity index (χ0n) is 8.64. The molecule has 4 heteroatoms. The SMILES string of the molecule is Cc1cc(F)ccc1-n1cccc1C(=O)O. The summed E-state index contributed by atoms with van der Waals surface area (Å²) in [6, 6.07) is 7.41. The van der Waals surface area contributed by atoms with Crippen LogP contribution in [0.5, 0.6) is 0 Å². The molecule has 0 saturated heterocycles. The summed E-state index contributed by atoms with van der Waals surface area (Å²) in [5, 5.41) is 8.97. The number of aryl methyl sites for hydroxylation is 1. The largest absolute Gasteiger partial charge is 0.477 e. The smallest absolute Gasteiger partial charge is 0.352 e. The number of rotatable bonds is 2. The number of nitrogens with zero attached hydrogens (tertiary/aromatic N) is 1. The first-order chi connectivity index (χ1) is 7.59. The number of benzene rings is 1. The van der Waals surface area contributed by atoms with Crippen LogP contribution in [0.3, 0.4) is 0 Å². The number of aromatic nitrogens is 1. The van der Waals surface area contributed by atoms with Crippen molar-refractivity contribution in [2.75, 3.05) is 0 Å². The summed E-state index contributed by atoms with van der Waals surface area (Å²) in [4.78, 5) is 10.9. The van der Waals surface area contributed by atoms with Gasteiger partial charge >= 0.3 is 5.97 Å². The second-order valence-electron chi connectivity index (χ2n) is 3.50. The fourth-order valence-corrected chi connectivity index (χ4v) is 1.65. The molecule has 0 fully saturated rings. The molecule has 0 atom stereocenters. The van der Waals surface area contributed by atoms with Gasteiger partial charge < -0.3 is 9.67 Å². The molecule has 1 heterocycles. The molecule has 0 saturated carbocycles. The number of hydrogen-bond donors (Lipinski definition) is 1. The summed E-state index contributed by atoms with van der Waals surface area (Å²) in [6.45, 7) is 1.74. The lowest BCUT2D eigenvalue weighted by molar-refractivity contribution is 0.0688. The van der Waals surface area contributed by atoms with Crippen molar-refractivity contribution in [1.82, 2.24) is 4.57 Å². The molecule has 0 spiro atoms. The van der Waals surface area contributed by atoms with Crippen LogP contribution in [-0.4, -0.2) is 15.6 Å². The van der Waals surface area contributed by atoms with Gasteiger partial charge in [0.1, 0.15) is 11.5 Å². The fraction of sp³-hybridized carbons (Fsp3) is 0.0833. The molecule has 0 aliphatic heterocycles. The van der Waals surface area contributed by atoms with Gasteiger partial charge in [-0.1, -0.05) is 0 Å². The summed E-state index contributed by atoms with van der Waals surface area (Å²) < 4.78 is 14.4. The van der Waals surface area contributed by atoms with Crippen LogP contribution in [-0.2, 0) is 0 Å². The van der Waals surface area contributed by atoms with Crippen molar-refractivity contribution in [2.24, 2.45) is 0 Å². The van der Waals surface area contributed by atoms with Crippen molar-refractivity contribution in [2.45, 2.75) is 6.92 Å². The number of carboxylic acid groups (broad SMARTS) is 1. The minimum atomic E-state index is -1.01. The highest BCUT2D eigenvalue weighted by Gasteiger charge is 2.11. The monoisotopic (exact) mass is 219 g/mol. The molecule has 2 aromatic rings. The lowest BCUT2D eigenvalue weighted by atomic mass is 10.2. The third-order valence-corrected chi connectivity index (χ3v) is 2.39. The third-order valence-electron chi connectivity index (χ3n) is 2.39. The first kappa shape index (κ1) is 10.4.